The SMILES string of the molecule is C[C@H]1C/C=C/C[C@@H](c2ccc(F)cc2)NC(=O)[C@@H](Cc2ccccc2)N(C)C(=O)c2ccccc2O1. The number of amides is 2. The molecule has 0 saturated carbocycles. The fraction of sp³-hybridized carbons (Fsp3) is 0.267. The van der Waals surface area contributed by atoms with Gasteiger partial charge in [0.2, 0.25) is 5.91 Å². The van der Waals surface area contributed by atoms with Gasteiger partial charge in [0.15, 0.2) is 0 Å². The van der Waals surface area contributed by atoms with Crippen LogP contribution >= 0.6 is 0 Å². The molecule has 3 aromatic carbocycles. The smallest absolute Gasteiger partial charge is 0.258 e. The van der Waals surface area contributed by atoms with Gasteiger partial charge < -0.3 is 15.0 Å². The van der Waals surface area contributed by atoms with Crippen molar-refractivity contribution in [3.63, 3.8) is 0 Å². The molecule has 0 fully saturated rings. The van der Waals surface area contributed by atoms with Crippen LogP contribution in [0.4, 0.5) is 4.39 Å². The summed E-state index contributed by atoms with van der Waals surface area (Å²) in [6.45, 7) is 1.96. The van der Waals surface area contributed by atoms with Crippen LogP contribution in [-0.2, 0) is 11.2 Å². The average Bonchev–Trinajstić information content (AvgIpc) is 2.89. The number of fused-ring (bicyclic) bond motifs is 1. The van der Waals surface area contributed by atoms with Gasteiger partial charge in [0.25, 0.3) is 5.91 Å². The van der Waals surface area contributed by atoms with E-state index in [1.807, 2.05) is 55.5 Å². The van der Waals surface area contributed by atoms with E-state index in [0.717, 1.165) is 11.1 Å². The van der Waals surface area contributed by atoms with Crippen LogP contribution < -0.4 is 10.1 Å². The van der Waals surface area contributed by atoms with Crippen LogP contribution in [-0.4, -0.2) is 35.9 Å². The monoisotopic (exact) mass is 486 g/mol. The summed E-state index contributed by atoms with van der Waals surface area (Å²) in [7, 11) is 1.65. The Kier molecular flexibility index (Phi) is 8.16. The van der Waals surface area contributed by atoms with Crippen LogP contribution in [0, 0.1) is 5.82 Å². The summed E-state index contributed by atoms with van der Waals surface area (Å²) in [6.07, 6.45) is 5.38. The van der Waals surface area contributed by atoms with E-state index in [-0.39, 0.29) is 29.8 Å². The number of carbonyl (C=O) groups excluding carboxylic acids is 2. The quantitative estimate of drug-likeness (QED) is 0.499. The molecule has 3 aromatic rings. The number of carbonyl (C=O) groups is 2. The van der Waals surface area contributed by atoms with E-state index in [1.54, 1.807) is 37.4 Å². The number of rotatable bonds is 3. The molecular weight excluding hydrogens is 455 g/mol. The highest BCUT2D eigenvalue weighted by Crippen LogP contribution is 2.25. The number of nitrogens with one attached hydrogen (secondary N) is 1. The summed E-state index contributed by atoms with van der Waals surface area (Å²) in [5.41, 5.74) is 2.15. The van der Waals surface area contributed by atoms with Gasteiger partial charge in [-0.25, -0.2) is 4.39 Å². The third-order valence-electron chi connectivity index (χ3n) is 6.40. The summed E-state index contributed by atoms with van der Waals surface area (Å²) in [6, 6.07) is 21.8. The van der Waals surface area contributed by atoms with E-state index in [2.05, 4.69) is 5.32 Å². The topological polar surface area (TPSA) is 58.6 Å². The zero-order valence-corrected chi connectivity index (χ0v) is 20.6. The summed E-state index contributed by atoms with van der Waals surface area (Å²) in [4.78, 5) is 28.9. The molecule has 5 nitrogen and oxygen atoms in total. The lowest BCUT2D eigenvalue weighted by molar-refractivity contribution is -0.126. The molecule has 1 aliphatic rings. The van der Waals surface area contributed by atoms with Gasteiger partial charge in [0.05, 0.1) is 17.7 Å². The van der Waals surface area contributed by atoms with E-state index in [4.69, 9.17) is 4.74 Å². The second-order valence-electron chi connectivity index (χ2n) is 9.10. The number of nitrogens with zero attached hydrogens (tertiary/aromatic N) is 1. The van der Waals surface area contributed by atoms with Gasteiger partial charge in [0.1, 0.15) is 17.6 Å². The lowest BCUT2D eigenvalue weighted by Crippen LogP contribution is -2.49. The normalized spacial score (nSPS) is 22.1. The fourth-order valence-electron chi connectivity index (χ4n) is 4.35. The Morgan fingerprint density at radius 3 is 2.33 bits per heavy atom. The third kappa shape index (κ3) is 6.19. The molecule has 3 atom stereocenters. The molecule has 0 spiro atoms. The molecule has 1 N–H and O–H groups in total. The van der Waals surface area contributed by atoms with Crippen molar-refractivity contribution in [3.8, 4) is 5.75 Å². The number of hydrogen-bond acceptors (Lipinski definition) is 3. The van der Waals surface area contributed by atoms with Crippen LogP contribution in [0.15, 0.2) is 91.0 Å². The maximum Gasteiger partial charge on any atom is 0.258 e. The summed E-state index contributed by atoms with van der Waals surface area (Å²) in [5, 5.41) is 3.13. The number of likely N-dealkylation sites (N-methyl/N-ethyl adjacent to an activating group) is 1. The molecule has 6 heteroatoms. The van der Waals surface area contributed by atoms with Crippen LogP contribution in [0.5, 0.6) is 5.75 Å². The van der Waals surface area contributed by atoms with Crippen LogP contribution in [0.2, 0.25) is 0 Å². The summed E-state index contributed by atoms with van der Waals surface area (Å²) < 4.78 is 19.7. The molecule has 0 saturated heterocycles. The van der Waals surface area contributed by atoms with Crippen LogP contribution in [0.25, 0.3) is 0 Å². The Balaban J connectivity index is 1.73. The first-order valence-electron chi connectivity index (χ1n) is 12.2. The fourth-order valence-corrected chi connectivity index (χ4v) is 4.35. The Bertz CT molecular complexity index is 1210. The largest absolute Gasteiger partial charge is 0.490 e. The van der Waals surface area contributed by atoms with Gasteiger partial charge in [-0.3, -0.25) is 9.59 Å². The molecule has 1 aliphatic heterocycles. The molecular formula is C30H31FN2O3. The molecule has 0 bridgehead atoms. The number of hydrogen-bond donors (Lipinski definition) is 1. The Morgan fingerprint density at radius 2 is 1.58 bits per heavy atom. The van der Waals surface area contributed by atoms with E-state index in [0.29, 0.717) is 30.6 Å². The molecule has 0 aromatic heterocycles. The van der Waals surface area contributed by atoms with Crippen molar-refractivity contribution in [3.05, 3.63) is 114 Å². The van der Waals surface area contributed by atoms with E-state index >= 15 is 0 Å². The zero-order valence-electron chi connectivity index (χ0n) is 20.6. The minimum absolute atomic E-state index is 0.151. The predicted molar refractivity (Wildman–Crippen MR) is 138 cm³/mol. The molecule has 4 rings (SSSR count). The molecule has 0 aliphatic carbocycles. The zero-order chi connectivity index (χ0) is 25.5. The van der Waals surface area contributed by atoms with Crippen LogP contribution in [0.1, 0.15) is 47.3 Å². The summed E-state index contributed by atoms with van der Waals surface area (Å²) >= 11 is 0. The number of halogens is 1. The lowest BCUT2D eigenvalue weighted by Gasteiger charge is -2.30. The predicted octanol–water partition coefficient (Wildman–Crippen LogP) is 5.48. The van der Waals surface area contributed by atoms with Gasteiger partial charge >= 0.3 is 0 Å². The highest BCUT2D eigenvalue weighted by Gasteiger charge is 2.31. The number of para-hydroxylation sites is 1. The number of benzene rings is 3. The highest BCUT2D eigenvalue weighted by atomic mass is 19.1. The first kappa shape index (κ1) is 25.2. The summed E-state index contributed by atoms with van der Waals surface area (Å²) in [5.74, 6) is -0.408. The first-order valence-corrected chi connectivity index (χ1v) is 12.2. The third-order valence-corrected chi connectivity index (χ3v) is 6.40. The Labute approximate surface area is 211 Å². The second-order valence-corrected chi connectivity index (χ2v) is 9.10. The molecule has 0 radical (unpaired) electrons. The van der Waals surface area contributed by atoms with Crippen LogP contribution in [0.3, 0.4) is 0 Å². The van der Waals surface area contributed by atoms with Gasteiger partial charge in [0, 0.05) is 19.9 Å². The van der Waals surface area contributed by atoms with E-state index in [9.17, 15) is 14.0 Å². The molecule has 2 amide bonds. The van der Waals surface area contributed by atoms with Crippen molar-refractivity contribution in [2.45, 2.75) is 44.4 Å². The van der Waals surface area contributed by atoms with Crippen molar-refractivity contribution in [1.82, 2.24) is 10.2 Å². The molecule has 186 valence electrons. The van der Waals surface area contributed by atoms with E-state index < -0.39 is 6.04 Å². The van der Waals surface area contributed by atoms with Crippen molar-refractivity contribution in [2.75, 3.05) is 7.05 Å². The number of ether oxygens (including phenoxy) is 1. The van der Waals surface area contributed by atoms with E-state index in [1.165, 1.54) is 17.0 Å². The maximum atomic E-state index is 13.7. The lowest BCUT2D eigenvalue weighted by atomic mass is 9.99. The highest BCUT2D eigenvalue weighted by molar-refractivity contribution is 5.99. The molecule has 1 heterocycles. The minimum atomic E-state index is -0.764. The Hall–Kier alpha value is -3.93. The Morgan fingerprint density at radius 1 is 0.917 bits per heavy atom. The van der Waals surface area contributed by atoms with Crippen molar-refractivity contribution in [2.24, 2.45) is 0 Å². The van der Waals surface area contributed by atoms with Gasteiger partial charge in [-0.2, -0.15) is 0 Å². The van der Waals surface area contributed by atoms with Crippen molar-refractivity contribution < 1.29 is 18.7 Å². The maximum absolute atomic E-state index is 13.7. The van der Waals surface area contributed by atoms with Crippen molar-refractivity contribution >= 4 is 11.8 Å². The van der Waals surface area contributed by atoms with Crippen molar-refractivity contribution in [1.29, 1.82) is 0 Å². The standard InChI is InChI=1S/C30H31FN2O3/c1-21-10-6-8-14-26(23-16-18-24(31)19-17-23)32-29(34)27(20-22-11-4-3-5-12-22)33(2)30(35)25-13-7-9-15-28(25)36-21/h3-9,11-13,15-19,21,26-27H,10,14,20H2,1-2H3,(H,32,34)/b8-6+/t21-,26-,27+/m0/s1. The molecule has 36 heavy (non-hydrogen) atoms. The van der Waals surface area contributed by atoms with Gasteiger partial charge in [-0.1, -0.05) is 66.7 Å². The molecule has 0 unspecified atom stereocenters. The first-order chi connectivity index (χ1) is 17.4. The second kappa shape index (κ2) is 11.7. The van der Waals surface area contributed by atoms with Gasteiger partial charge in [-0.05, 0) is 48.7 Å². The average molecular weight is 487 g/mol. The minimum Gasteiger partial charge on any atom is -0.490 e. The van der Waals surface area contributed by atoms with Gasteiger partial charge in [-0.15, -0.1) is 0 Å².